The van der Waals surface area contributed by atoms with E-state index in [1.165, 1.54) is 18.3 Å². The molecule has 0 saturated carbocycles. The lowest BCUT2D eigenvalue weighted by molar-refractivity contribution is -0.0124. The van der Waals surface area contributed by atoms with E-state index in [0.29, 0.717) is 45.8 Å². The van der Waals surface area contributed by atoms with E-state index in [4.69, 9.17) is 16.3 Å². The molecular weight excluding hydrogens is 490 g/mol. The molecule has 0 bridgehead atoms. The quantitative estimate of drug-likeness (QED) is 0.290. The first kappa shape index (κ1) is 26.1. The van der Waals surface area contributed by atoms with Gasteiger partial charge < -0.3 is 15.2 Å². The van der Waals surface area contributed by atoms with Crippen LogP contribution in [0.1, 0.15) is 43.8 Å². The monoisotopic (exact) mass is 520 g/mol. The smallest absolute Gasteiger partial charge is 0.127 e. The topological polar surface area (TPSA) is 54.4 Å². The number of methoxy groups -OCH3 is 1. The summed E-state index contributed by atoms with van der Waals surface area (Å²) in [5.41, 5.74) is 0.745. The first-order valence-corrected chi connectivity index (χ1v) is 13.3. The molecule has 0 amide bonds. The van der Waals surface area contributed by atoms with Crippen LogP contribution in [0.3, 0.4) is 0 Å². The number of thioether (sulfide) groups is 1. The van der Waals surface area contributed by atoms with Crippen LogP contribution in [-0.4, -0.2) is 42.1 Å². The number of nitrogens with zero attached hydrogens (tertiary/aromatic N) is 1. The van der Waals surface area contributed by atoms with Gasteiger partial charge in [-0.3, -0.25) is 4.98 Å². The van der Waals surface area contributed by atoms with Gasteiger partial charge in [0.05, 0.1) is 23.8 Å². The summed E-state index contributed by atoms with van der Waals surface area (Å²) in [4.78, 5) is 5.30. The van der Waals surface area contributed by atoms with Crippen LogP contribution in [0.15, 0.2) is 53.6 Å². The molecule has 0 radical (unpaired) electrons. The third-order valence-corrected chi connectivity index (χ3v) is 8.40. The Bertz CT molecular complexity index is 1130. The molecule has 2 heterocycles. The number of aliphatic hydroxyl groups is 1. The Morgan fingerprint density at radius 2 is 1.91 bits per heavy atom. The van der Waals surface area contributed by atoms with E-state index in [0.717, 1.165) is 30.8 Å². The zero-order valence-corrected chi connectivity index (χ0v) is 21.3. The molecule has 4 nitrogen and oxygen atoms in total. The highest BCUT2D eigenvalue weighted by Gasteiger charge is 2.39. The largest absolute Gasteiger partial charge is 0.497 e. The van der Waals surface area contributed by atoms with Gasteiger partial charge in [0.15, 0.2) is 0 Å². The third kappa shape index (κ3) is 6.26. The van der Waals surface area contributed by atoms with Crippen LogP contribution in [0.2, 0.25) is 5.02 Å². The van der Waals surface area contributed by atoms with E-state index in [2.05, 4.69) is 10.3 Å². The molecule has 1 aliphatic rings. The Hall–Kier alpha value is -1.93. The average Bonchev–Trinajstić information content (AvgIpc) is 2.88. The molecule has 1 aromatic heterocycles. The van der Waals surface area contributed by atoms with Crippen LogP contribution < -0.4 is 10.1 Å². The molecule has 0 spiro atoms. The molecule has 2 N–H and O–H groups in total. The Kier molecular flexibility index (Phi) is 8.87. The lowest BCUT2D eigenvalue weighted by Gasteiger charge is -2.42. The Morgan fingerprint density at radius 3 is 2.63 bits per heavy atom. The number of aromatic nitrogens is 1. The van der Waals surface area contributed by atoms with Crippen LogP contribution >= 0.6 is 23.4 Å². The van der Waals surface area contributed by atoms with Gasteiger partial charge in [0.1, 0.15) is 17.7 Å². The van der Waals surface area contributed by atoms with Gasteiger partial charge in [-0.25, -0.2) is 8.78 Å². The van der Waals surface area contributed by atoms with Gasteiger partial charge in [0.2, 0.25) is 0 Å². The molecule has 8 heteroatoms. The first-order valence-electron chi connectivity index (χ1n) is 12.0. The number of nitrogens with one attached hydrogen (secondary N) is 1. The molecule has 3 aromatic rings. The average molecular weight is 521 g/mol. The van der Waals surface area contributed by atoms with Crippen molar-refractivity contribution in [1.29, 1.82) is 0 Å². The molecule has 4 rings (SSSR count). The molecule has 1 aliphatic heterocycles. The summed E-state index contributed by atoms with van der Waals surface area (Å²) < 4.78 is 34.2. The van der Waals surface area contributed by atoms with Crippen LogP contribution in [-0.2, 0) is 0 Å². The number of pyridine rings is 1. The predicted molar refractivity (Wildman–Crippen MR) is 139 cm³/mol. The summed E-state index contributed by atoms with van der Waals surface area (Å²) >= 11 is 8.02. The number of rotatable bonds is 10. The van der Waals surface area contributed by atoms with Gasteiger partial charge in [-0.2, -0.15) is 0 Å². The van der Waals surface area contributed by atoms with Crippen molar-refractivity contribution in [2.45, 2.75) is 49.3 Å². The van der Waals surface area contributed by atoms with Crippen molar-refractivity contribution in [1.82, 2.24) is 10.3 Å². The van der Waals surface area contributed by atoms with Crippen molar-refractivity contribution in [3.8, 4) is 5.75 Å². The molecular formula is C27H31ClF2N2O2S. The van der Waals surface area contributed by atoms with Crippen molar-refractivity contribution >= 4 is 34.3 Å². The number of fused-ring (bicyclic) bond motifs is 1. The summed E-state index contributed by atoms with van der Waals surface area (Å²) in [6.07, 6.45) is 2.67. The summed E-state index contributed by atoms with van der Waals surface area (Å²) in [6.45, 7) is 1.60. The fourth-order valence-electron chi connectivity index (χ4n) is 4.97. The molecule has 0 aliphatic carbocycles. The van der Waals surface area contributed by atoms with Crippen molar-refractivity contribution in [3.05, 3.63) is 65.1 Å². The SMILES string of the molecule is COc1ccc2ncc(Cl)c([C@H](F)CCC3([C@@H](O)CCSc4ccc(F)cc4)CCNCC3)c2c1. The second-order valence-corrected chi connectivity index (χ2v) is 10.7. The van der Waals surface area contributed by atoms with Crippen LogP contribution in [0.25, 0.3) is 10.9 Å². The van der Waals surface area contributed by atoms with Gasteiger partial charge >= 0.3 is 0 Å². The molecule has 2 atom stereocenters. The van der Waals surface area contributed by atoms with E-state index in [1.807, 2.05) is 0 Å². The minimum atomic E-state index is -1.28. The van der Waals surface area contributed by atoms with Gasteiger partial charge in [0.25, 0.3) is 0 Å². The highest BCUT2D eigenvalue weighted by atomic mass is 35.5. The summed E-state index contributed by atoms with van der Waals surface area (Å²) in [5, 5.41) is 15.6. The van der Waals surface area contributed by atoms with Crippen LogP contribution in [0.4, 0.5) is 8.78 Å². The van der Waals surface area contributed by atoms with E-state index >= 15 is 4.39 Å². The fraction of sp³-hybridized carbons (Fsp3) is 0.444. The van der Waals surface area contributed by atoms with E-state index in [-0.39, 0.29) is 17.7 Å². The van der Waals surface area contributed by atoms with Crippen molar-refractivity contribution in [2.24, 2.45) is 5.41 Å². The number of ether oxygens (including phenoxy) is 1. The standard InChI is InChI=1S/C27H31ClF2N2O2S/c1-34-19-4-7-24-21(16-19)26(22(28)17-32-24)23(30)8-10-27(11-13-31-14-12-27)25(33)9-15-35-20-5-2-18(29)3-6-20/h2-7,16-17,23,25,31,33H,8-15H2,1H3/t23-,25+/m1/s1. The highest BCUT2D eigenvalue weighted by Crippen LogP contribution is 2.44. The number of hydrogen-bond acceptors (Lipinski definition) is 5. The fourth-order valence-corrected chi connectivity index (χ4v) is 6.15. The first-order chi connectivity index (χ1) is 16.9. The molecule has 188 valence electrons. The maximum Gasteiger partial charge on any atom is 0.127 e. The summed E-state index contributed by atoms with van der Waals surface area (Å²) in [7, 11) is 1.57. The summed E-state index contributed by atoms with van der Waals surface area (Å²) in [6, 6.07) is 11.8. The minimum Gasteiger partial charge on any atom is -0.497 e. The zero-order valence-electron chi connectivity index (χ0n) is 19.8. The van der Waals surface area contributed by atoms with Gasteiger partial charge in [-0.15, -0.1) is 11.8 Å². The van der Waals surface area contributed by atoms with Gasteiger partial charge in [-0.1, -0.05) is 11.6 Å². The highest BCUT2D eigenvalue weighted by molar-refractivity contribution is 7.99. The Morgan fingerprint density at radius 1 is 1.17 bits per heavy atom. The molecule has 35 heavy (non-hydrogen) atoms. The number of benzene rings is 2. The number of piperidine rings is 1. The number of hydrogen-bond donors (Lipinski definition) is 2. The lowest BCUT2D eigenvalue weighted by atomic mass is 9.69. The minimum absolute atomic E-state index is 0.260. The molecule has 1 saturated heterocycles. The van der Waals surface area contributed by atoms with E-state index < -0.39 is 12.3 Å². The second kappa shape index (κ2) is 11.9. The summed E-state index contributed by atoms with van der Waals surface area (Å²) in [5.74, 6) is 1.07. The van der Waals surface area contributed by atoms with Crippen LogP contribution in [0.5, 0.6) is 5.75 Å². The number of halogens is 3. The zero-order chi connectivity index (χ0) is 24.8. The molecule has 1 fully saturated rings. The van der Waals surface area contributed by atoms with Crippen molar-refractivity contribution in [3.63, 3.8) is 0 Å². The van der Waals surface area contributed by atoms with Crippen molar-refractivity contribution < 1.29 is 18.6 Å². The maximum absolute atomic E-state index is 15.8. The number of aliphatic hydroxyl groups excluding tert-OH is 1. The van der Waals surface area contributed by atoms with Gasteiger partial charge in [-0.05, 0) is 93.1 Å². The van der Waals surface area contributed by atoms with Crippen LogP contribution in [0, 0.1) is 11.2 Å². The Balaban J connectivity index is 1.46. The second-order valence-electron chi connectivity index (χ2n) is 9.13. The molecule has 0 unspecified atom stereocenters. The van der Waals surface area contributed by atoms with E-state index in [1.54, 1.807) is 49.2 Å². The number of alkyl halides is 1. The lowest BCUT2D eigenvalue weighted by Crippen LogP contribution is -2.45. The molecule has 2 aromatic carbocycles. The maximum atomic E-state index is 15.8. The third-order valence-electron chi connectivity index (χ3n) is 7.06. The van der Waals surface area contributed by atoms with E-state index in [9.17, 15) is 9.50 Å². The normalized spacial score (nSPS) is 17.3. The Labute approximate surface area is 214 Å². The predicted octanol–water partition coefficient (Wildman–Crippen LogP) is 6.74. The van der Waals surface area contributed by atoms with Gasteiger partial charge in [0, 0.05) is 27.8 Å². The van der Waals surface area contributed by atoms with Crippen molar-refractivity contribution in [2.75, 3.05) is 26.0 Å².